The second-order valence-electron chi connectivity index (χ2n) is 6.74. The number of hydrogen-bond acceptors (Lipinski definition) is 6. The minimum Gasteiger partial charge on any atom is -0.508 e. The molecule has 0 radical (unpaired) electrons. The highest BCUT2D eigenvalue weighted by Crippen LogP contribution is 2.20. The van der Waals surface area contributed by atoms with Crippen molar-refractivity contribution in [1.82, 2.24) is 10.2 Å². The molecule has 1 aromatic rings. The Morgan fingerprint density at radius 1 is 1.21 bits per heavy atom. The topological polar surface area (TPSA) is 176 Å². The number of rotatable bonds is 8. The van der Waals surface area contributed by atoms with Gasteiger partial charge in [0, 0.05) is 13.0 Å². The van der Waals surface area contributed by atoms with Gasteiger partial charge in [-0.15, -0.1) is 0 Å². The minimum atomic E-state index is -1.22. The summed E-state index contributed by atoms with van der Waals surface area (Å²) >= 11 is 0. The Morgan fingerprint density at radius 2 is 1.86 bits per heavy atom. The molecule has 0 aromatic heterocycles. The van der Waals surface area contributed by atoms with Crippen molar-refractivity contribution in [2.45, 2.75) is 43.8 Å². The van der Waals surface area contributed by atoms with Crippen LogP contribution in [0, 0.1) is 0 Å². The zero-order valence-electron chi connectivity index (χ0n) is 15.2. The predicted octanol–water partition coefficient (Wildman–Crippen LogP) is -1.30. The number of carboxylic acids is 1. The Hall–Kier alpha value is -3.14. The number of aliphatic carboxylic acids is 1. The highest BCUT2D eigenvalue weighted by molar-refractivity contribution is 5.93. The van der Waals surface area contributed by atoms with E-state index in [1.165, 1.54) is 17.0 Å². The molecule has 10 heteroatoms. The number of carbonyl (C=O) groups is 4. The van der Waals surface area contributed by atoms with Crippen molar-refractivity contribution in [3.05, 3.63) is 29.8 Å². The molecule has 7 N–H and O–H groups in total. The van der Waals surface area contributed by atoms with Crippen LogP contribution in [0.2, 0.25) is 0 Å². The van der Waals surface area contributed by atoms with E-state index in [-0.39, 0.29) is 25.1 Å². The van der Waals surface area contributed by atoms with Crippen molar-refractivity contribution in [3.63, 3.8) is 0 Å². The summed E-state index contributed by atoms with van der Waals surface area (Å²) in [5, 5.41) is 21.2. The van der Waals surface area contributed by atoms with Gasteiger partial charge in [-0.1, -0.05) is 12.1 Å². The molecule has 10 nitrogen and oxygen atoms in total. The van der Waals surface area contributed by atoms with Crippen LogP contribution in [0.3, 0.4) is 0 Å². The number of phenolic OH excluding ortho intramolecular Hbond substituents is 1. The number of likely N-dealkylation sites (tertiary alicyclic amines) is 1. The highest BCUT2D eigenvalue weighted by Gasteiger charge is 2.38. The Labute approximate surface area is 161 Å². The molecule has 1 heterocycles. The number of nitrogens with one attached hydrogen (secondary N) is 1. The number of nitrogens with two attached hydrogens (primary N) is 2. The van der Waals surface area contributed by atoms with Gasteiger partial charge in [-0.05, 0) is 30.5 Å². The number of carbonyl (C=O) groups excluding carboxylic acids is 3. The maximum atomic E-state index is 13.0. The summed E-state index contributed by atoms with van der Waals surface area (Å²) in [4.78, 5) is 48.9. The van der Waals surface area contributed by atoms with E-state index in [0.717, 1.165) is 0 Å². The molecule has 1 fully saturated rings. The molecule has 3 amide bonds. The van der Waals surface area contributed by atoms with Crippen LogP contribution in [-0.2, 0) is 25.6 Å². The smallest absolute Gasteiger partial charge is 0.326 e. The normalized spacial score (nSPS) is 18.3. The largest absolute Gasteiger partial charge is 0.508 e. The van der Waals surface area contributed by atoms with Gasteiger partial charge < -0.3 is 31.9 Å². The number of hydrogen-bond donors (Lipinski definition) is 5. The molecular formula is C18H24N4O6. The molecular weight excluding hydrogens is 368 g/mol. The van der Waals surface area contributed by atoms with E-state index in [1.54, 1.807) is 12.1 Å². The average molecular weight is 392 g/mol. The van der Waals surface area contributed by atoms with Gasteiger partial charge in [0.05, 0.1) is 12.5 Å². The first-order valence-corrected chi connectivity index (χ1v) is 8.84. The fourth-order valence-corrected chi connectivity index (χ4v) is 3.14. The summed E-state index contributed by atoms with van der Waals surface area (Å²) in [5.74, 6) is -3.09. The van der Waals surface area contributed by atoms with E-state index in [4.69, 9.17) is 11.5 Å². The van der Waals surface area contributed by atoms with Crippen LogP contribution < -0.4 is 16.8 Å². The van der Waals surface area contributed by atoms with Gasteiger partial charge >= 0.3 is 5.97 Å². The summed E-state index contributed by atoms with van der Waals surface area (Å²) in [7, 11) is 0. The van der Waals surface area contributed by atoms with Gasteiger partial charge in [0.15, 0.2) is 0 Å². The molecule has 1 aliphatic rings. The lowest BCUT2D eigenvalue weighted by molar-refractivity contribution is -0.149. The first kappa shape index (κ1) is 21.2. The summed E-state index contributed by atoms with van der Waals surface area (Å²) in [5.41, 5.74) is 11.3. The lowest BCUT2D eigenvalue weighted by Gasteiger charge is -2.28. The van der Waals surface area contributed by atoms with Crippen molar-refractivity contribution in [2.24, 2.45) is 11.5 Å². The van der Waals surface area contributed by atoms with Crippen LogP contribution in [0.4, 0.5) is 0 Å². The van der Waals surface area contributed by atoms with E-state index >= 15 is 0 Å². The van der Waals surface area contributed by atoms with Crippen molar-refractivity contribution in [2.75, 3.05) is 6.54 Å². The number of amides is 3. The molecule has 1 aromatic carbocycles. The molecule has 3 atom stereocenters. The van der Waals surface area contributed by atoms with Crippen LogP contribution in [0.15, 0.2) is 24.3 Å². The molecule has 1 aliphatic heterocycles. The molecule has 0 spiro atoms. The van der Waals surface area contributed by atoms with E-state index in [2.05, 4.69) is 5.32 Å². The number of nitrogens with zero attached hydrogens (tertiary/aromatic N) is 1. The average Bonchev–Trinajstić information content (AvgIpc) is 3.11. The van der Waals surface area contributed by atoms with Gasteiger partial charge in [-0.2, -0.15) is 0 Å². The van der Waals surface area contributed by atoms with Crippen LogP contribution in [0.1, 0.15) is 24.8 Å². The molecule has 0 bridgehead atoms. The fourth-order valence-electron chi connectivity index (χ4n) is 3.14. The third-order valence-electron chi connectivity index (χ3n) is 4.57. The van der Waals surface area contributed by atoms with Crippen molar-refractivity contribution < 1.29 is 29.4 Å². The zero-order valence-corrected chi connectivity index (χ0v) is 15.2. The van der Waals surface area contributed by atoms with E-state index in [0.29, 0.717) is 18.4 Å². The Morgan fingerprint density at radius 3 is 2.43 bits per heavy atom. The van der Waals surface area contributed by atoms with Crippen LogP contribution in [0.5, 0.6) is 5.75 Å². The Balaban J connectivity index is 2.20. The molecule has 0 aliphatic carbocycles. The van der Waals surface area contributed by atoms with E-state index < -0.39 is 41.8 Å². The second-order valence-corrected chi connectivity index (χ2v) is 6.74. The minimum absolute atomic E-state index is 0.0460. The molecule has 0 saturated carbocycles. The van der Waals surface area contributed by atoms with Gasteiger partial charge in [-0.3, -0.25) is 14.4 Å². The molecule has 152 valence electrons. The Bertz CT molecular complexity index is 751. The van der Waals surface area contributed by atoms with Crippen LogP contribution in [0.25, 0.3) is 0 Å². The first-order valence-electron chi connectivity index (χ1n) is 8.84. The maximum absolute atomic E-state index is 13.0. The summed E-state index contributed by atoms with van der Waals surface area (Å²) < 4.78 is 0. The lowest BCUT2D eigenvalue weighted by Crippen LogP contribution is -2.55. The third kappa shape index (κ3) is 5.43. The van der Waals surface area contributed by atoms with Crippen molar-refractivity contribution >= 4 is 23.7 Å². The zero-order chi connectivity index (χ0) is 20.8. The van der Waals surface area contributed by atoms with E-state index in [9.17, 15) is 29.4 Å². The highest BCUT2D eigenvalue weighted by atomic mass is 16.4. The molecule has 1 saturated heterocycles. The molecule has 3 unspecified atom stereocenters. The first-order chi connectivity index (χ1) is 13.2. The second kappa shape index (κ2) is 9.18. The van der Waals surface area contributed by atoms with Gasteiger partial charge in [0.2, 0.25) is 17.7 Å². The lowest BCUT2D eigenvalue weighted by atomic mass is 10.0. The van der Waals surface area contributed by atoms with Crippen LogP contribution >= 0.6 is 0 Å². The quantitative estimate of drug-likeness (QED) is 0.365. The standard InChI is InChI=1S/C18H24N4O6/c19-12(9-15(20)24)16(25)21-13(8-10-3-5-11(23)6-4-10)17(26)22-7-1-2-14(22)18(27)28/h3-6,12-14,23H,1-2,7-9,19H2,(H2,20,24)(H,21,25)(H,27,28). The number of primary amides is 1. The van der Waals surface area contributed by atoms with Gasteiger partial charge in [-0.25, -0.2) is 4.79 Å². The number of benzene rings is 1. The number of carboxylic acid groups (broad SMARTS) is 1. The fraction of sp³-hybridized carbons (Fsp3) is 0.444. The van der Waals surface area contributed by atoms with Gasteiger partial charge in [0.25, 0.3) is 0 Å². The monoisotopic (exact) mass is 392 g/mol. The number of aromatic hydroxyl groups is 1. The number of phenols is 1. The van der Waals surface area contributed by atoms with Crippen molar-refractivity contribution in [1.29, 1.82) is 0 Å². The van der Waals surface area contributed by atoms with Crippen LogP contribution in [-0.4, -0.2) is 63.5 Å². The van der Waals surface area contributed by atoms with Gasteiger partial charge in [0.1, 0.15) is 17.8 Å². The Kier molecular flexibility index (Phi) is 6.94. The van der Waals surface area contributed by atoms with Crippen molar-refractivity contribution in [3.8, 4) is 5.75 Å². The summed E-state index contributed by atoms with van der Waals surface area (Å²) in [6.07, 6.45) is 0.566. The molecule has 2 rings (SSSR count). The summed E-state index contributed by atoms with van der Waals surface area (Å²) in [6.45, 7) is 0.269. The SMILES string of the molecule is NC(=O)CC(N)C(=O)NC(Cc1ccc(O)cc1)C(=O)N1CCCC1C(=O)O. The summed E-state index contributed by atoms with van der Waals surface area (Å²) in [6, 6.07) is 2.80. The predicted molar refractivity (Wildman–Crippen MR) is 97.9 cm³/mol. The maximum Gasteiger partial charge on any atom is 0.326 e. The van der Waals surface area contributed by atoms with E-state index in [1.807, 2.05) is 0 Å². The third-order valence-corrected chi connectivity index (χ3v) is 4.57. The molecule has 28 heavy (non-hydrogen) atoms.